The highest BCUT2D eigenvalue weighted by Gasteiger charge is 2.29. The van der Waals surface area contributed by atoms with Crippen molar-refractivity contribution < 1.29 is 9.84 Å². The van der Waals surface area contributed by atoms with Gasteiger partial charge in [0, 0.05) is 12.0 Å². The van der Waals surface area contributed by atoms with E-state index in [1.165, 1.54) is 5.56 Å². The third-order valence-corrected chi connectivity index (χ3v) is 4.37. The first-order chi connectivity index (χ1) is 11.0. The van der Waals surface area contributed by atoms with Crippen LogP contribution in [0.5, 0.6) is 11.5 Å². The summed E-state index contributed by atoms with van der Waals surface area (Å²) < 4.78 is 5.21. The first kappa shape index (κ1) is 18.4. The second-order valence-electron chi connectivity index (χ2n) is 8.52. The zero-order valence-electron chi connectivity index (χ0n) is 16.0. The van der Waals surface area contributed by atoms with Crippen molar-refractivity contribution in [3.63, 3.8) is 0 Å². The van der Waals surface area contributed by atoms with Gasteiger partial charge in [0.05, 0.1) is 7.11 Å². The van der Waals surface area contributed by atoms with E-state index in [9.17, 15) is 5.11 Å². The van der Waals surface area contributed by atoms with Crippen LogP contribution in [0.15, 0.2) is 36.4 Å². The highest BCUT2D eigenvalue weighted by Crippen LogP contribution is 2.41. The summed E-state index contributed by atoms with van der Waals surface area (Å²) in [4.78, 5) is 0. The van der Waals surface area contributed by atoms with E-state index in [-0.39, 0.29) is 10.8 Å². The Morgan fingerprint density at radius 1 is 0.833 bits per heavy atom. The third kappa shape index (κ3) is 3.92. The van der Waals surface area contributed by atoms with E-state index in [0.29, 0.717) is 12.2 Å². The first-order valence-corrected chi connectivity index (χ1v) is 8.53. The Bertz CT molecular complexity index is 698. The molecule has 2 rings (SSSR count). The smallest absolute Gasteiger partial charge is 0.123 e. The van der Waals surface area contributed by atoms with E-state index < -0.39 is 0 Å². The molecule has 0 saturated heterocycles. The van der Waals surface area contributed by atoms with Gasteiger partial charge in [-0.25, -0.2) is 0 Å². The van der Waals surface area contributed by atoms with Crippen LogP contribution in [0.2, 0.25) is 0 Å². The van der Waals surface area contributed by atoms with Crippen molar-refractivity contribution in [3.05, 3.63) is 58.7 Å². The average molecular weight is 326 g/mol. The Labute approximate surface area is 146 Å². The number of ether oxygens (including phenoxy) is 1. The Kier molecular flexibility index (Phi) is 4.98. The van der Waals surface area contributed by atoms with Gasteiger partial charge in [-0.1, -0.05) is 65.8 Å². The molecule has 2 heteroatoms. The van der Waals surface area contributed by atoms with Crippen LogP contribution in [0.3, 0.4) is 0 Å². The lowest BCUT2D eigenvalue weighted by Crippen LogP contribution is -2.22. The standard InChI is InChI=1S/C22H30O2/c1-21(2,3)18-13-10-16(20(23)19(18)22(4,5)6)14-15-8-11-17(24-7)12-9-15/h8-13,23H,14H2,1-7H3. The molecule has 130 valence electrons. The van der Waals surface area contributed by atoms with Crippen molar-refractivity contribution in [2.45, 2.75) is 58.8 Å². The maximum absolute atomic E-state index is 11.0. The normalized spacial score (nSPS) is 12.3. The Morgan fingerprint density at radius 2 is 1.42 bits per heavy atom. The predicted octanol–water partition coefficient (Wildman–Crippen LogP) is 5.59. The molecule has 24 heavy (non-hydrogen) atoms. The van der Waals surface area contributed by atoms with Gasteiger partial charge in [-0.15, -0.1) is 0 Å². The molecular formula is C22H30O2. The van der Waals surface area contributed by atoms with E-state index in [1.54, 1.807) is 7.11 Å². The molecule has 1 N–H and O–H groups in total. The molecule has 2 aromatic carbocycles. The number of hydrogen-bond donors (Lipinski definition) is 1. The summed E-state index contributed by atoms with van der Waals surface area (Å²) in [7, 11) is 1.67. The lowest BCUT2D eigenvalue weighted by Gasteiger charge is -2.31. The van der Waals surface area contributed by atoms with E-state index in [4.69, 9.17) is 4.74 Å². The van der Waals surface area contributed by atoms with E-state index in [0.717, 1.165) is 22.4 Å². The minimum absolute atomic E-state index is 0.00125. The maximum atomic E-state index is 11.0. The fraction of sp³-hybridized carbons (Fsp3) is 0.455. The van der Waals surface area contributed by atoms with Gasteiger partial charge in [0.2, 0.25) is 0 Å². The van der Waals surface area contributed by atoms with Gasteiger partial charge >= 0.3 is 0 Å². The Hall–Kier alpha value is -1.96. The van der Waals surface area contributed by atoms with Crippen LogP contribution in [0, 0.1) is 0 Å². The minimum Gasteiger partial charge on any atom is -0.507 e. The van der Waals surface area contributed by atoms with Crippen molar-refractivity contribution >= 4 is 0 Å². The fourth-order valence-corrected chi connectivity index (χ4v) is 3.12. The number of benzene rings is 2. The summed E-state index contributed by atoms with van der Waals surface area (Å²) >= 11 is 0. The second kappa shape index (κ2) is 6.51. The summed E-state index contributed by atoms with van der Waals surface area (Å²) in [5, 5.41) is 11.0. The summed E-state index contributed by atoms with van der Waals surface area (Å²) in [5.41, 5.74) is 4.29. The lowest BCUT2D eigenvalue weighted by atomic mass is 9.74. The van der Waals surface area contributed by atoms with Gasteiger partial charge in [0.1, 0.15) is 11.5 Å². The number of rotatable bonds is 3. The van der Waals surface area contributed by atoms with Crippen LogP contribution >= 0.6 is 0 Å². The van der Waals surface area contributed by atoms with Crippen LogP contribution in [0.25, 0.3) is 0 Å². The van der Waals surface area contributed by atoms with Gasteiger partial charge < -0.3 is 9.84 Å². The Morgan fingerprint density at radius 3 is 1.88 bits per heavy atom. The lowest BCUT2D eigenvalue weighted by molar-refractivity contribution is 0.414. The number of phenols is 1. The fourth-order valence-electron chi connectivity index (χ4n) is 3.12. The van der Waals surface area contributed by atoms with Gasteiger partial charge in [-0.3, -0.25) is 0 Å². The molecule has 0 aromatic heterocycles. The molecule has 0 fully saturated rings. The number of aromatic hydroxyl groups is 1. The zero-order valence-corrected chi connectivity index (χ0v) is 16.0. The molecular weight excluding hydrogens is 296 g/mol. The van der Waals surface area contributed by atoms with Crippen molar-refractivity contribution in [1.82, 2.24) is 0 Å². The van der Waals surface area contributed by atoms with Gasteiger partial charge in [-0.2, -0.15) is 0 Å². The largest absolute Gasteiger partial charge is 0.507 e. The van der Waals surface area contributed by atoms with Crippen molar-refractivity contribution in [2.75, 3.05) is 7.11 Å². The second-order valence-corrected chi connectivity index (χ2v) is 8.52. The van der Waals surface area contributed by atoms with E-state index in [1.807, 2.05) is 24.3 Å². The summed E-state index contributed by atoms with van der Waals surface area (Å²) in [6.45, 7) is 13.1. The number of hydrogen-bond acceptors (Lipinski definition) is 2. The van der Waals surface area contributed by atoms with Crippen molar-refractivity contribution in [2.24, 2.45) is 0 Å². The van der Waals surface area contributed by atoms with Crippen molar-refractivity contribution in [3.8, 4) is 11.5 Å². The topological polar surface area (TPSA) is 29.5 Å². The number of methoxy groups -OCH3 is 1. The molecule has 0 bridgehead atoms. The van der Waals surface area contributed by atoms with Crippen LogP contribution < -0.4 is 4.74 Å². The van der Waals surface area contributed by atoms with Crippen molar-refractivity contribution in [1.29, 1.82) is 0 Å². The molecule has 2 nitrogen and oxygen atoms in total. The highest BCUT2D eigenvalue weighted by molar-refractivity contribution is 5.52. The van der Waals surface area contributed by atoms with Gasteiger partial charge in [0.25, 0.3) is 0 Å². The first-order valence-electron chi connectivity index (χ1n) is 8.53. The third-order valence-electron chi connectivity index (χ3n) is 4.37. The molecule has 0 aliphatic carbocycles. The molecule has 0 saturated carbocycles. The molecule has 0 radical (unpaired) electrons. The molecule has 0 amide bonds. The van der Waals surface area contributed by atoms with Crippen LogP contribution in [-0.2, 0) is 17.3 Å². The molecule has 0 aliphatic rings. The SMILES string of the molecule is COc1ccc(Cc2ccc(C(C)(C)C)c(C(C)(C)C)c2O)cc1. The molecule has 0 spiro atoms. The summed E-state index contributed by atoms with van der Waals surface area (Å²) in [6.07, 6.45) is 0.712. The minimum atomic E-state index is -0.109. The monoisotopic (exact) mass is 326 g/mol. The molecule has 0 atom stereocenters. The summed E-state index contributed by atoms with van der Waals surface area (Å²) in [6, 6.07) is 12.3. The van der Waals surface area contributed by atoms with Gasteiger partial charge in [-0.05, 0) is 39.7 Å². The molecule has 2 aromatic rings. The van der Waals surface area contributed by atoms with E-state index >= 15 is 0 Å². The van der Waals surface area contributed by atoms with E-state index in [2.05, 4.69) is 53.7 Å². The maximum Gasteiger partial charge on any atom is 0.123 e. The van der Waals surface area contributed by atoms with Crippen LogP contribution in [0.1, 0.15) is 63.8 Å². The van der Waals surface area contributed by atoms with Crippen LogP contribution in [0.4, 0.5) is 0 Å². The number of phenolic OH excluding ortho intramolecular Hbond substituents is 1. The molecule has 0 heterocycles. The van der Waals surface area contributed by atoms with Gasteiger partial charge in [0.15, 0.2) is 0 Å². The quantitative estimate of drug-likeness (QED) is 0.797. The zero-order chi connectivity index (χ0) is 18.1. The average Bonchev–Trinajstić information content (AvgIpc) is 2.47. The summed E-state index contributed by atoms with van der Waals surface area (Å²) in [5.74, 6) is 1.28. The predicted molar refractivity (Wildman–Crippen MR) is 101 cm³/mol. The molecule has 0 unspecified atom stereocenters. The Balaban J connectivity index is 2.48. The van der Waals surface area contributed by atoms with Crippen LogP contribution in [-0.4, -0.2) is 12.2 Å². The molecule has 0 aliphatic heterocycles. The highest BCUT2D eigenvalue weighted by atomic mass is 16.5.